The number of alkyl halides is 3. The Morgan fingerprint density at radius 2 is 1.25 bits per heavy atom. The molecule has 0 fully saturated rings. The molecule has 0 aliphatic heterocycles. The maximum Gasteiger partial charge on any atom is 1.00 e. The quantitative estimate of drug-likeness (QED) is 0.312. The molecule has 0 heterocycles. The van der Waals surface area contributed by atoms with Crippen LogP contribution in [-0.4, -0.2) is 19.0 Å². The number of hydrogen-bond acceptors (Lipinski definition) is 0. The van der Waals surface area contributed by atoms with E-state index in [-0.39, 0.29) is 42.7 Å². The first-order valence-electron chi connectivity index (χ1n) is 5.85. The maximum absolute atomic E-state index is 12.7. The minimum absolute atomic E-state index is 0. The van der Waals surface area contributed by atoms with Gasteiger partial charge in [-0.05, 0) is 12.8 Å². The van der Waals surface area contributed by atoms with Gasteiger partial charge in [0.25, 0.3) is 0 Å². The second-order valence-electron chi connectivity index (χ2n) is 3.98. The van der Waals surface area contributed by atoms with E-state index in [2.05, 4.69) is 6.92 Å². The molecule has 0 aromatic heterocycles. The Kier molecular flexibility index (Phi) is 16.6. The molecule has 0 saturated carbocycles. The third kappa shape index (κ3) is 12.9. The van der Waals surface area contributed by atoms with Gasteiger partial charge in [-0.2, -0.15) is 0 Å². The van der Waals surface area contributed by atoms with Crippen molar-refractivity contribution in [1.29, 1.82) is 0 Å². The van der Waals surface area contributed by atoms with Gasteiger partial charge in [0.15, 0.2) is 0 Å². The summed E-state index contributed by atoms with van der Waals surface area (Å²) in [6, 6.07) is 0. The Balaban J connectivity index is 0. The molecule has 16 heavy (non-hydrogen) atoms. The predicted octanol–water partition coefficient (Wildman–Crippen LogP) is 1.59. The van der Waals surface area contributed by atoms with Crippen molar-refractivity contribution < 1.29 is 42.7 Å². The van der Waals surface area contributed by atoms with Gasteiger partial charge in [-0.15, -0.1) is 0 Å². The molecule has 0 aliphatic carbocycles. The molecule has 0 amide bonds. The van der Waals surface area contributed by atoms with Crippen LogP contribution in [0.2, 0.25) is 0 Å². The fourth-order valence-corrected chi connectivity index (χ4v) is 1.50. The summed E-state index contributed by atoms with van der Waals surface area (Å²) in [4.78, 5) is 0. The molecule has 0 bridgehead atoms. The molecule has 0 saturated heterocycles. The van der Waals surface area contributed by atoms with Gasteiger partial charge in [0, 0.05) is 6.17 Å². The fraction of sp³-hybridized carbons (Fsp3) is 0.917. The van der Waals surface area contributed by atoms with E-state index in [1.807, 2.05) is 0 Å². The van der Waals surface area contributed by atoms with Crippen LogP contribution in [0, 0.1) is 6.92 Å². The van der Waals surface area contributed by atoms with E-state index in [0.717, 1.165) is 38.5 Å². The maximum atomic E-state index is 12.7. The summed E-state index contributed by atoms with van der Waals surface area (Å²) in [7, 11) is 0. The van der Waals surface area contributed by atoms with E-state index in [0.29, 0.717) is 6.42 Å². The summed E-state index contributed by atoms with van der Waals surface area (Å²) in [5.41, 5.74) is 0. The van der Waals surface area contributed by atoms with Gasteiger partial charge in [-0.1, -0.05) is 38.5 Å². The average molecular weight is 246 g/mol. The van der Waals surface area contributed by atoms with E-state index in [9.17, 15) is 13.2 Å². The summed E-state index contributed by atoms with van der Waals surface area (Å²) in [6.07, 6.45) is 3.67. The second-order valence-corrected chi connectivity index (χ2v) is 3.98. The molecule has 0 aromatic rings. The van der Waals surface area contributed by atoms with Gasteiger partial charge in [-0.25, -0.2) is 4.39 Å². The molecule has 4 heteroatoms. The van der Waals surface area contributed by atoms with Crippen molar-refractivity contribution in [3.8, 4) is 0 Å². The first-order chi connectivity index (χ1) is 7.18. The van der Waals surface area contributed by atoms with Crippen molar-refractivity contribution in [2.24, 2.45) is 0 Å². The third-order valence-corrected chi connectivity index (χ3v) is 2.51. The number of halogens is 3. The van der Waals surface area contributed by atoms with E-state index < -0.39 is 12.3 Å². The Morgan fingerprint density at radius 3 is 1.69 bits per heavy atom. The molecule has 0 N–H and O–H groups in total. The van der Waals surface area contributed by atoms with E-state index >= 15 is 0 Å². The Bertz CT molecular complexity index is 131. The fourth-order valence-electron chi connectivity index (χ4n) is 1.50. The number of rotatable bonds is 10. The van der Waals surface area contributed by atoms with Gasteiger partial charge in [0.2, 0.25) is 0 Å². The first-order valence-corrected chi connectivity index (χ1v) is 5.85. The Morgan fingerprint density at radius 1 is 0.812 bits per heavy atom. The zero-order valence-corrected chi connectivity index (χ0v) is 12.4. The predicted molar refractivity (Wildman–Crippen MR) is 58.1 cm³/mol. The van der Waals surface area contributed by atoms with Gasteiger partial charge < -0.3 is 6.92 Å². The van der Waals surface area contributed by atoms with Gasteiger partial charge in [-0.3, -0.25) is 8.78 Å². The molecular weight excluding hydrogens is 224 g/mol. The molecule has 92 valence electrons. The van der Waals surface area contributed by atoms with Gasteiger partial charge in [0.05, 0.1) is 6.67 Å². The molecule has 2 unspecified atom stereocenters. The zero-order chi connectivity index (χ0) is 11.5. The van der Waals surface area contributed by atoms with E-state index in [1.54, 1.807) is 0 Å². The van der Waals surface area contributed by atoms with Crippen LogP contribution < -0.4 is 29.6 Å². The minimum atomic E-state index is -1.59. The SMILES string of the molecule is [CH2-]C(F)C(F)CCCCCCCCCF.[Na+]. The van der Waals surface area contributed by atoms with Crippen molar-refractivity contribution in [2.75, 3.05) is 6.67 Å². The Labute approximate surface area is 120 Å². The average Bonchev–Trinajstić information content (AvgIpc) is 2.21. The van der Waals surface area contributed by atoms with Crippen LogP contribution in [0.1, 0.15) is 51.4 Å². The summed E-state index contributed by atoms with van der Waals surface area (Å²) in [5, 5.41) is 0. The summed E-state index contributed by atoms with van der Waals surface area (Å²) < 4.78 is 36.7. The van der Waals surface area contributed by atoms with Crippen molar-refractivity contribution in [3.05, 3.63) is 6.92 Å². The van der Waals surface area contributed by atoms with Crippen molar-refractivity contribution in [2.45, 2.75) is 63.7 Å². The molecule has 0 radical (unpaired) electrons. The van der Waals surface area contributed by atoms with Crippen LogP contribution in [-0.2, 0) is 0 Å². The topological polar surface area (TPSA) is 0 Å². The number of hydrogen-bond donors (Lipinski definition) is 0. The molecule has 0 rings (SSSR count). The molecule has 2 atom stereocenters. The monoisotopic (exact) mass is 246 g/mol. The van der Waals surface area contributed by atoms with Crippen LogP contribution >= 0.6 is 0 Å². The van der Waals surface area contributed by atoms with Crippen LogP contribution in [0.4, 0.5) is 13.2 Å². The molecular formula is C12H22F3Na. The normalized spacial score (nSPS) is 14.2. The second kappa shape index (κ2) is 13.9. The summed E-state index contributed by atoms with van der Waals surface area (Å²) in [6.45, 7) is 2.78. The molecule has 0 nitrogen and oxygen atoms in total. The summed E-state index contributed by atoms with van der Waals surface area (Å²) in [5.74, 6) is 0. The number of unbranched alkanes of at least 4 members (excludes halogenated alkanes) is 6. The summed E-state index contributed by atoms with van der Waals surface area (Å²) >= 11 is 0. The Hall–Kier alpha value is 0.790. The smallest absolute Gasteiger partial charge is 0.307 e. The third-order valence-electron chi connectivity index (χ3n) is 2.51. The van der Waals surface area contributed by atoms with Gasteiger partial charge in [0.1, 0.15) is 6.17 Å². The van der Waals surface area contributed by atoms with E-state index in [1.165, 1.54) is 0 Å². The molecule has 0 spiro atoms. The van der Waals surface area contributed by atoms with Gasteiger partial charge >= 0.3 is 29.6 Å². The van der Waals surface area contributed by atoms with Crippen molar-refractivity contribution in [1.82, 2.24) is 0 Å². The standard InChI is InChI=1S/C12H22F3.Na/c1-11(14)12(15)9-7-5-3-2-4-6-8-10-13;/h11-12H,1-10H2;/q-1;+1. The van der Waals surface area contributed by atoms with Crippen LogP contribution in [0.3, 0.4) is 0 Å². The zero-order valence-electron chi connectivity index (χ0n) is 10.4. The molecule has 0 aliphatic rings. The molecule has 0 aromatic carbocycles. The van der Waals surface area contributed by atoms with Crippen LogP contribution in [0.5, 0.6) is 0 Å². The largest absolute Gasteiger partial charge is 1.00 e. The van der Waals surface area contributed by atoms with Crippen molar-refractivity contribution in [3.63, 3.8) is 0 Å². The first kappa shape index (κ1) is 19.1. The van der Waals surface area contributed by atoms with Crippen molar-refractivity contribution >= 4 is 0 Å². The van der Waals surface area contributed by atoms with Crippen LogP contribution in [0.25, 0.3) is 0 Å². The van der Waals surface area contributed by atoms with Crippen LogP contribution in [0.15, 0.2) is 0 Å². The minimum Gasteiger partial charge on any atom is -0.307 e. The van der Waals surface area contributed by atoms with E-state index in [4.69, 9.17) is 0 Å².